The summed E-state index contributed by atoms with van der Waals surface area (Å²) in [7, 11) is 1.64. The minimum Gasteiger partial charge on any atom is -0.497 e. The van der Waals surface area contributed by atoms with Gasteiger partial charge in [0.1, 0.15) is 17.3 Å². The number of rotatable bonds is 4. The van der Waals surface area contributed by atoms with Crippen LogP contribution in [0.15, 0.2) is 62.5 Å². The third-order valence-electron chi connectivity index (χ3n) is 5.75. The number of carboxylic acid groups (broad SMARTS) is 1. The van der Waals surface area contributed by atoms with Gasteiger partial charge in [0.05, 0.1) is 36.8 Å². The highest BCUT2D eigenvalue weighted by atomic mass is 32.2. The lowest BCUT2D eigenvalue weighted by Gasteiger charge is -2.30. The monoisotopic (exact) mass is 548 g/mol. The minimum absolute atomic E-state index is 0.0578. The lowest BCUT2D eigenvalue weighted by atomic mass is 9.82. The molecule has 1 aromatic carbocycles. The Kier molecular flexibility index (Phi) is 6.62. The number of hydrogen-bond donors (Lipinski definition) is 5. The van der Waals surface area contributed by atoms with Crippen molar-refractivity contribution in [2.75, 3.05) is 25.5 Å². The van der Waals surface area contributed by atoms with Crippen LogP contribution in [0.2, 0.25) is 0 Å². The van der Waals surface area contributed by atoms with E-state index in [2.05, 4.69) is 30.8 Å². The highest BCUT2D eigenvalue weighted by Crippen LogP contribution is 2.43. The van der Waals surface area contributed by atoms with E-state index in [9.17, 15) is 18.0 Å². The molecule has 198 valence electrons. The van der Waals surface area contributed by atoms with Gasteiger partial charge >= 0.3 is 12.1 Å². The molecule has 0 saturated carbocycles. The number of imidazole rings is 1. The SMILES string of the molecule is COc1ccc2nc(Sc3ccc(C4C5=C(CNCC5=O)Nc5[nH]ncc54)o3)[nH]c2c1.O=C(O)C(F)(F)F. The van der Waals surface area contributed by atoms with Crippen LogP contribution in [-0.2, 0) is 9.59 Å². The molecule has 5 N–H and O–H groups in total. The molecule has 0 aliphatic carbocycles. The van der Waals surface area contributed by atoms with Gasteiger partial charge in [-0.25, -0.2) is 9.78 Å². The first kappa shape index (κ1) is 25.4. The molecule has 2 aliphatic rings. The molecule has 11 nitrogen and oxygen atoms in total. The molecule has 3 aromatic heterocycles. The third kappa shape index (κ3) is 4.97. The fourth-order valence-corrected chi connectivity index (χ4v) is 4.87. The minimum atomic E-state index is -5.08. The number of aromatic nitrogens is 4. The van der Waals surface area contributed by atoms with E-state index in [0.717, 1.165) is 44.6 Å². The van der Waals surface area contributed by atoms with Gasteiger partial charge in [0, 0.05) is 29.4 Å². The number of ether oxygens (including phenoxy) is 1. The van der Waals surface area contributed by atoms with Crippen molar-refractivity contribution < 1.29 is 37.0 Å². The van der Waals surface area contributed by atoms with Gasteiger partial charge in [-0.3, -0.25) is 9.89 Å². The number of carbonyl (C=O) groups is 2. The molecule has 0 bridgehead atoms. The molecule has 0 amide bonds. The summed E-state index contributed by atoms with van der Waals surface area (Å²) in [6.45, 7) is 0.912. The lowest BCUT2D eigenvalue weighted by Crippen LogP contribution is -2.39. The highest BCUT2D eigenvalue weighted by molar-refractivity contribution is 7.99. The van der Waals surface area contributed by atoms with Crippen LogP contribution in [0.3, 0.4) is 0 Å². The molecule has 5 heterocycles. The third-order valence-corrected chi connectivity index (χ3v) is 6.56. The molecular formula is C23H19F3N6O5S. The molecule has 6 rings (SSSR count). The van der Waals surface area contributed by atoms with Gasteiger partial charge in [-0.15, -0.1) is 0 Å². The summed E-state index contributed by atoms with van der Waals surface area (Å²) in [6.07, 6.45) is -3.34. The van der Waals surface area contributed by atoms with Crippen molar-refractivity contribution in [2.45, 2.75) is 22.3 Å². The van der Waals surface area contributed by atoms with E-state index in [1.54, 1.807) is 13.3 Å². The van der Waals surface area contributed by atoms with E-state index in [0.29, 0.717) is 23.9 Å². The van der Waals surface area contributed by atoms with Crippen LogP contribution < -0.4 is 15.4 Å². The van der Waals surface area contributed by atoms with Gasteiger partial charge in [0.25, 0.3) is 0 Å². The lowest BCUT2D eigenvalue weighted by molar-refractivity contribution is -0.192. The number of ketones is 1. The number of fused-ring (bicyclic) bond motifs is 2. The maximum Gasteiger partial charge on any atom is 0.490 e. The molecule has 0 spiro atoms. The van der Waals surface area contributed by atoms with E-state index in [-0.39, 0.29) is 11.7 Å². The largest absolute Gasteiger partial charge is 0.497 e. The van der Waals surface area contributed by atoms with Crippen LogP contribution in [0.4, 0.5) is 19.0 Å². The molecular weight excluding hydrogens is 529 g/mol. The number of hydrogen-bond acceptors (Lipinski definition) is 9. The second kappa shape index (κ2) is 9.90. The Labute approximate surface area is 215 Å². The first-order valence-corrected chi connectivity index (χ1v) is 11.8. The molecule has 1 atom stereocenters. The maximum absolute atomic E-state index is 12.7. The van der Waals surface area contributed by atoms with Gasteiger partial charge in [-0.05, 0) is 36.0 Å². The number of alkyl halides is 3. The van der Waals surface area contributed by atoms with Gasteiger partial charge < -0.3 is 29.9 Å². The molecule has 1 unspecified atom stereocenters. The van der Waals surface area contributed by atoms with Gasteiger partial charge in [0.15, 0.2) is 16.0 Å². The Morgan fingerprint density at radius 2 is 2.03 bits per heavy atom. The van der Waals surface area contributed by atoms with Gasteiger partial charge in [0.2, 0.25) is 0 Å². The summed E-state index contributed by atoms with van der Waals surface area (Å²) in [5.74, 6) is -0.737. The van der Waals surface area contributed by atoms with Crippen LogP contribution >= 0.6 is 11.8 Å². The number of anilines is 1. The van der Waals surface area contributed by atoms with Gasteiger partial charge in [-0.2, -0.15) is 18.3 Å². The van der Waals surface area contributed by atoms with Crippen LogP contribution in [-0.4, -0.2) is 63.4 Å². The summed E-state index contributed by atoms with van der Waals surface area (Å²) < 4.78 is 43.2. The molecule has 0 saturated heterocycles. The molecule has 4 aromatic rings. The summed E-state index contributed by atoms with van der Waals surface area (Å²) >= 11 is 1.40. The van der Waals surface area contributed by atoms with Gasteiger partial charge in [-0.1, -0.05) is 0 Å². The predicted octanol–water partition coefficient (Wildman–Crippen LogP) is 3.66. The van der Waals surface area contributed by atoms with Crippen molar-refractivity contribution in [3.8, 4) is 5.75 Å². The zero-order valence-electron chi connectivity index (χ0n) is 19.5. The Bertz CT molecular complexity index is 1560. The average Bonchev–Trinajstić information content (AvgIpc) is 3.61. The molecule has 15 heteroatoms. The number of furan rings is 1. The Morgan fingerprint density at radius 3 is 2.76 bits per heavy atom. The zero-order chi connectivity index (χ0) is 27.0. The summed E-state index contributed by atoms with van der Waals surface area (Å²) in [6, 6.07) is 9.52. The maximum atomic E-state index is 12.7. The zero-order valence-corrected chi connectivity index (χ0v) is 20.3. The number of H-pyrrole nitrogens is 2. The van der Waals surface area contributed by atoms with E-state index < -0.39 is 12.1 Å². The predicted molar refractivity (Wildman–Crippen MR) is 128 cm³/mol. The summed E-state index contributed by atoms with van der Waals surface area (Å²) in [4.78, 5) is 29.5. The first-order chi connectivity index (χ1) is 18.1. The highest BCUT2D eigenvalue weighted by Gasteiger charge is 2.39. The van der Waals surface area contributed by atoms with E-state index in [1.165, 1.54) is 11.8 Å². The van der Waals surface area contributed by atoms with Crippen molar-refractivity contribution in [3.63, 3.8) is 0 Å². The Morgan fingerprint density at radius 1 is 1.24 bits per heavy atom. The van der Waals surface area contributed by atoms with Crippen molar-refractivity contribution in [3.05, 3.63) is 59.1 Å². The van der Waals surface area contributed by atoms with Crippen LogP contribution in [0.5, 0.6) is 5.75 Å². The van der Waals surface area contributed by atoms with Crippen molar-refractivity contribution >= 4 is 40.4 Å². The second-order valence-corrected chi connectivity index (χ2v) is 9.16. The van der Waals surface area contributed by atoms with E-state index >= 15 is 0 Å². The Balaban J connectivity index is 0.000000374. The number of halogens is 3. The number of benzene rings is 1. The number of aliphatic carboxylic acids is 1. The smallest absolute Gasteiger partial charge is 0.490 e. The number of nitrogens with zero attached hydrogens (tertiary/aromatic N) is 2. The first-order valence-electron chi connectivity index (χ1n) is 11.0. The normalized spacial score (nSPS) is 16.8. The number of carboxylic acids is 1. The molecule has 2 aliphatic heterocycles. The number of Topliss-reactive ketones (excluding diaryl/α,β-unsaturated/α-hetero) is 1. The van der Waals surface area contributed by atoms with Crippen molar-refractivity contribution in [1.29, 1.82) is 0 Å². The molecule has 0 fully saturated rings. The molecule has 38 heavy (non-hydrogen) atoms. The fourth-order valence-electron chi connectivity index (χ4n) is 4.10. The number of aromatic amines is 2. The molecule has 0 radical (unpaired) electrons. The number of methoxy groups -OCH3 is 1. The summed E-state index contributed by atoms with van der Waals surface area (Å²) in [5.41, 5.74) is 4.23. The van der Waals surface area contributed by atoms with Crippen LogP contribution in [0, 0.1) is 0 Å². The van der Waals surface area contributed by atoms with Crippen LogP contribution in [0.1, 0.15) is 17.2 Å². The quantitative estimate of drug-likeness (QED) is 0.255. The fraction of sp³-hybridized carbons (Fsp3) is 0.217. The number of nitrogens with one attached hydrogen (secondary N) is 4. The van der Waals surface area contributed by atoms with E-state index in [1.807, 2.05) is 30.3 Å². The topological polar surface area (TPSA) is 158 Å². The number of carbonyl (C=O) groups excluding carboxylic acids is 1. The summed E-state index contributed by atoms with van der Waals surface area (Å²) in [5, 5.41) is 22.1. The Hall–Kier alpha value is -4.24. The van der Waals surface area contributed by atoms with Crippen molar-refractivity contribution in [1.82, 2.24) is 25.5 Å². The standard InChI is InChI=1S/C21H18N6O3S.C2HF3O2/c1-29-10-2-3-12-13(6-10)26-21(25-12)31-17-5-4-16(30-17)18-11-7-23-27-20(11)24-14-8-22-9-15(28)19(14)18;3-2(4,5)1(6)7/h2-7,18,22H,8-9H2,1H3,(H,25,26)(H2,23,24,27);(H,6,7). The second-order valence-electron chi connectivity index (χ2n) is 8.16. The van der Waals surface area contributed by atoms with Crippen LogP contribution in [0.25, 0.3) is 11.0 Å². The average molecular weight is 549 g/mol. The van der Waals surface area contributed by atoms with E-state index in [4.69, 9.17) is 19.1 Å². The van der Waals surface area contributed by atoms with Crippen molar-refractivity contribution in [2.24, 2.45) is 0 Å².